The van der Waals surface area contributed by atoms with E-state index in [9.17, 15) is 20.0 Å². The maximum absolute atomic E-state index is 12.1. The highest BCUT2D eigenvalue weighted by molar-refractivity contribution is 5.82. The lowest BCUT2D eigenvalue weighted by molar-refractivity contribution is -0.497. The third-order valence-electron chi connectivity index (χ3n) is 3.86. The number of nitro groups is 1. The van der Waals surface area contributed by atoms with Gasteiger partial charge in [0.05, 0.1) is 0 Å². The zero-order valence-electron chi connectivity index (χ0n) is 10.3. The molecule has 0 saturated heterocycles. The Morgan fingerprint density at radius 2 is 2.21 bits per heavy atom. The Balaban J connectivity index is 1.72. The topological polar surface area (TPSA) is 83.7 Å². The van der Waals surface area contributed by atoms with E-state index in [1.807, 2.05) is 6.07 Å². The normalized spacial score (nSPS) is 24.7. The van der Waals surface area contributed by atoms with Gasteiger partial charge in [0.15, 0.2) is 0 Å². The molecule has 6 nitrogen and oxygen atoms in total. The smallest absolute Gasteiger partial charge is 0.233 e. The molecule has 2 atom stereocenters. The second-order valence-corrected chi connectivity index (χ2v) is 5.16. The monoisotopic (exact) mass is 262 g/mol. The van der Waals surface area contributed by atoms with Crippen LogP contribution in [0.25, 0.3) is 0 Å². The van der Waals surface area contributed by atoms with E-state index < -0.39 is 12.0 Å². The SMILES string of the molecule is O=C([C@@H]1C[C@@H]1[N+](=O)[O-])N1CCc2ccc(O)cc2C1. The van der Waals surface area contributed by atoms with Crippen LogP contribution in [0.1, 0.15) is 17.5 Å². The van der Waals surface area contributed by atoms with Crippen molar-refractivity contribution in [1.29, 1.82) is 0 Å². The standard InChI is InChI=1S/C13H14N2O4/c16-10-2-1-8-3-4-14(7-9(8)5-10)13(17)11-6-12(11)15(18)19/h1-2,5,11-12,16H,3-4,6-7H2/t11-,12+/m1/s1. The van der Waals surface area contributed by atoms with E-state index in [-0.39, 0.29) is 16.6 Å². The summed E-state index contributed by atoms with van der Waals surface area (Å²) in [5.74, 6) is -0.396. The second kappa shape index (κ2) is 4.22. The highest BCUT2D eigenvalue weighted by Gasteiger charge is 2.54. The molecule has 0 unspecified atom stereocenters. The summed E-state index contributed by atoms with van der Waals surface area (Å²) in [5, 5.41) is 20.1. The van der Waals surface area contributed by atoms with Gasteiger partial charge in [0.25, 0.3) is 0 Å². The Morgan fingerprint density at radius 3 is 2.89 bits per heavy atom. The molecule has 1 aliphatic heterocycles. The van der Waals surface area contributed by atoms with Crippen molar-refractivity contribution in [2.24, 2.45) is 5.92 Å². The average molecular weight is 262 g/mol. The number of hydrogen-bond acceptors (Lipinski definition) is 4. The summed E-state index contributed by atoms with van der Waals surface area (Å²) in [6, 6.07) is 4.47. The molecule has 1 aromatic rings. The Bertz CT molecular complexity index is 558. The number of benzene rings is 1. The molecule has 0 bridgehead atoms. The van der Waals surface area contributed by atoms with Gasteiger partial charge in [-0.1, -0.05) is 6.07 Å². The fourth-order valence-corrected chi connectivity index (χ4v) is 2.65. The summed E-state index contributed by atoms with van der Waals surface area (Å²) in [7, 11) is 0. The molecule has 1 amide bonds. The first kappa shape index (κ1) is 12.0. The van der Waals surface area contributed by atoms with Crippen LogP contribution in [0.5, 0.6) is 5.75 Å². The van der Waals surface area contributed by atoms with Crippen molar-refractivity contribution >= 4 is 5.91 Å². The molecule has 1 aliphatic carbocycles. The van der Waals surface area contributed by atoms with Gasteiger partial charge in [-0.25, -0.2) is 0 Å². The number of nitrogens with zero attached hydrogens (tertiary/aromatic N) is 2. The van der Waals surface area contributed by atoms with Gasteiger partial charge in [-0.3, -0.25) is 14.9 Å². The molecular formula is C13H14N2O4. The van der Waals surface area contributed by atoms with Crippen LogP contribution < -0.4 is 0 Å². The second-order valence-electron chi connectivity index (χ2n) is 5.16. The lowest BCUT2D eigenvalue weighted by Crippen LogP contribution is -2.37. The van der Waals surface area contributed by atoms with Crippen molar-refractivity contribution in [2.45, 2.75) is 25.4 Å². The molecule has 2 aliphatic rings. The number of carbonyl (C=O) groups is 1. The first-order valence-corrected chi connectivity index (χ1v) is 6.29. The van der Waals surface area contributed by atoms with Crippen molar-refractivity contribution in [3.63, 3.8) is 0 Å². The van der Waals surface area contributed by atoms with Crippen LogP contribution in [-0.4, -0.2) is 33.4 Å². The van der Waals surface area contributed by atoms with E-state index >= 15 is 0 Å². The lowest BCUT2D eigenvalue weighted by atomic mass is 9.99. The van der Waals surface area contributed by atoms with Crippen LogP contribution in [0.4, 0.5) is 0 Å². The predicted octanol–water partition coefficient (Wildman–Crippen LogP) is 0.942. The van der Waals surface area contributed by atoms with Gasteiger partial charge in [0, 0.05) is 24.4 Å². The molecule has 3 rings (SSSR count). The van der Waals surface area contributed by atoms with Crippen LogP contribution in [0, 0.1) is 16.0 Å². The van der Waals surface area contributed by atoms with Crippen LogP contribution >= 0.6 is 0 Å². The minimum Gasteiger partial charge on any atom is -0.508 e. The van der Waals surface area contributed by atoms with Gasteiger partial charge in [-0.2, -0.15) is 0 Å². The van der Waals surface area contributed by atoms with Crippen LogP contribution in [0.15, 0.2) is 18.2 Å². The molecule has 19 heavy (non-hydrogen) atoms. The van der Waals surface area contributed by atoms with E-state index in [0.717, 1.165) is 17.5 Å². The summed E-state index contributed by atoms with van der Waals surface area (Å²) in [4.78, 5) is 24.0. The van der Waals surface area contributed by atoms with Crippen molar-refractivity contribution in [3.05, 3.63) is 39.4 Å². The molecular weight excluding hydrogens is 248 g/mol. The zero-order valence-corrected chi connectivity index (χ0v) is 10.3. The van der Waals surface area contributed by atoms with Crippen LogP contribution in [-0.2, 0) is 17.8 Å². The molecule has 1 aromatic carbocycles. The van der Waals surface area contributed by atoms with Crippen molar-refractivity contribution in [2.75, 3.05) is 6.54 Å². The number of rotatable bonds is 2. The van der Waals surface area contributed by atoms with E-state index in [1.54, 1.807) is 17.0 Å². The highest BCUT2D eigenvalue weighted by Crippen LogP contribution is 2.36. The number of aromatic hydroxyl groups is 1. The molecule has 100 valence electrons. The number of amides is 1. The van der Waals surface area contributed by atoms with Crippen LogP contribution in [0.2, 0.25) is 0 Å². The fourth-order valence-electron chi connectivity index (χ4n) is 2.65. The first-order valence-electron chi connectivity index (χ1n) is 6.29. The van der Waals surface area contributed by atoms with Gasteiger partial charge in [0.1, 0.15) is 11.7 Å². The predicted molar refractivity (Wildman–Crippen MR) is 66.1 cm³/mol. The summed E-state index contributed by atoms with van der Waals surface area (Å²) < 4.78 is 0. The average Bonchev–Trinajstić information content (AvgIpc) is 3.17. The number of fused-ring (bicyclic) bond motifs is 1. The number of phenolic OH excluding ortho intramolecular Hbond substituents is 1. The van der Waals surface area contributed by atoms with Gasteiger partial charge in [0.2, 0.25) is 11.9 Å². The zero-order chi connectivity index (χ0) is 13.6. The molecule has 0 radical (unpaired) electrons. The highest BCUT2D eigenvalue weighted by atomic mass is 16.6. The molecule has 1 N–H and O–H groups in total. The van der Waals surface area contributed by atoms with Gasteiger partial charge in [-0.05, 0) is 29.7 Å². The molecule has 6 heteroatoms. The number of phenols is 1. The fraction of sp³-hybridized carbons (Fsp3) is 0.462. The maximum atomic E-state index is 12.1. The quantitative estimate of drug-likeness (QED) is 0.635. The first-order chi connectivity index (χ1) is 9.06. The van der Waals surface area contributed by atoms with E-state index in [1.165, 1.54) is 0 Å². The van der Waals surface area contributed by atoms with Gasteiger partial charge >= 0.3 is 0 Å². The number of hydrogen-bond donors (Lipinski definition) is 1. The third-order valence-corrected chi connectivity index (χ3v) is 3.86. The van der Waals surface area contributed by atoms with Crippen molar-refractivity contribution in [1.82, 2.24) is 4.90 Å². The Kier molecular flexibility index (Phi) is 2.66. The maximum Gasteiger partial charge on any atom is 0.233 e. The summed E-state index contributed by atoms with van der Waals surface area (Å²) >= 11 is 0. The minimum atomic E-state index is -0.696. The Labute approximate surface area is 109 Å². The van der Waals surface area contributed by atoms with Crippen molar-refractivity contribution in [3.8, 4) is 5.75 Å². The van der Waals surface area contributed by atoms with E-state index in [0.29, 0.717) is 19.5 Å². The lowest BCUT2D eigenvalue weighted by Gasteiger charge is -2.28. The van der Waals surface area contributed by atoms with Crippen molar-refractivity contribution < 1.29 is 14.8 Å². The molecule has 1 saturated carbocycles. The van der Waals surface area contributed by atoms with Crippen LogP contribution in [0.3, 0.4) is 0 Å². The largest absolute Gasteiger partial charge is 0.508 e. The molecule has 1 fully saturated rings. The third kappa shape index (κ3) is 2.14. The molecule has 1 heterocycles. The summed E-state index contributed by atoms with van der Waals surface area (Å²) in [6.45, 7) is 1.03. The molecule has 0 aromatic heterocycles. The van der Waals surface area contributed by atoms with E-state index in [2.05, 4.69) is 0 Å². The Hall–Kier alpha value is -2.11. The van der Waals surface area contributed by atoms with Gasteiger partial charge in [-0.15, -0.1) is 0 Å². The van der Waals surface area contributed by atoms with Gasteiger partial charge < -0.3 is 10.0 Å². The summed E-state index contributed by atoms with van der Waals surface area (Å²) in [6.07, 6.45) is 1.09. The number of carbonyl (C=O) groups excluding carboxylic acids is 1. The minimum absolute atomic E-state index is 0.129. The summed E-state index contributed by atoms with van der Waals surface area (Å²) in [5.41, 5.74) is 2.06. The Morgan fingerprint density at radius 1 is 1.42 bits per heavy atom. The molecule has 0 spiro atoms. The van der Waals surface area contributed by atoms with E-state index in [4.69, 9.17) is 0 Å².